The topological polar surface area (TPSA) is 0 Å². The zero-order valence-electron chi connectivity index (χ0n) is 9.77. The quantitative estimate of drug-likeness (QED) is 0.380. The minimum atomic E-state index is 1.13. The first-order valence-corrected chi connectivity index (χ1v) is 6.06. The Morgan fingerprint density at radius 1 is 0.667 bits per heavy atom. The van der Waals surface area contributed by atoms with E-state index >= 15 is 0 Å². The van der Waals surface area contributed by atoms with Gasteiger partial charge in [0.2, 0.25) is 0 Å². The molecule has 0 atom stereocenters. The minimum Gasteiger partial charge on any atom is -0.0616 e. The molecule has 0 spiro atoms. The van der Waals surface area contributed by atoms with Gasteiger partial charge in [-0.15, -0.1) is 0 Å². The molecule has 4 aromatic carbocycles. The van der Waals surface area contributed by atoms with E-state index in [4.69, 9.17) is 0 Å². The van der Waals surface area contributed by atoms with Gasteiger partial charge in [0.1, 0.15) is 0 Å². The molecular formula is C18H10. The van der Waals surface area contributed by atoms with E-state index in [1.807, 2.05) is 18.2 Å². The fraction of sp³-hybridized carbons (Fsp3) is 0. The van der Waals surface area contributed by atoms with Crippen LogP contribution in [-0.4, -0.2) is 0 Å². The van der Waals surface area contributed by atoms with Gasteiger partial charge in [-0.2, -0.15) is 0 Å². The lowest BCUT2D eigenvalue weighted by Gasteiger charge is -2.06. The van der Waals surface area contributed by atoms with Crippen LogP contribution in [0.3, 0.4) is 0 Å². The SMILES string of the molecule is [c]1cccc2c1c[c]c1c3ccccc3ccc12. The van der Waals surface area contributed by atoms with Gasteiger partial charge >= 0.3 is 0 Å². The van der Waals surface area contributed by atoms with Crippen LogP contribution in [0.1, 0.15) is 0 Å². The molecule has 0 fully saturated rings. The molecule has 0 unspecified atom stereocenters. The summed E-state index contributed by atoms with van der Waals surface area (Å²) in [6, 6.07) is 27.7. The predicted octanol–water partition coefficient (Wildman–Crippen LogP) is 4.75. The van der Waals surface area contributed by atoms with E-state index < -0.39 is 0 Å². The second-order valence-electron chi connectivity index (χ2n) is 4.50. The molecule has 0 saturated carbocycles. The Balaban J connectivity index is 2.31. The molecule has 0 aliphatic carbocycles. The second kappa shape index (κ2) is 3.58. The highest BCUT2D eigenvalue weighted by Gasteiger charge is 2.03. The highest BCUT2D eigenvalue weighted by atomic mass is 14.1. The molecule has 0 bridgehead atoms. The lowest BCUT2D eigenvalue weighted by molar-refractivity contribution is 1.76. The summed E-state index contributed by atoms with van der Waals surface area (Å²) in [6.45, 7) is 0. The van der Waals surface area contributed by atoms with Crippen molar-refractivity contribution in [3.63, 3.8) is 0 Å². The van der Waals surface area contributed by atoms with Gasteiger partial charge in [0.25, 0.3) is 0 Å². The number of benzene rings is 4. The maximum Gasteiger partial charge on any atom is -0.00201 e. The molecular weight excluding hydrogens is 216 g/mol. The van der Waals surface area contributed by atoms with E-state index in [2.05, 4.69) is 54.6 Å². The highest BCUT2D eigenvalue weighted by Crippen LogP contribution is 2.30. The molecule has 4 aromatic rings. The van der Waals surface area contributed by atoms with Crippen LogP contribution in [0.2, 0.25) is 0 Å². The standard InChI is InChI=1S/C18H10/c1-3-7-15-13(5-1)9-11-18-16-8-4-2-6-14(16)10-12-17(15)18/h1-5,7-11H. The van der Waals surface area contributed by atoms with E-state index in [1.54, 1.807) is 0 Å². The number of hydrogen-bond acceptors (Lipinski definition) is 0. The van der Waals surface area contributed by atoms with Crippen LogP contribution in [0, 0.1) is 12.1 Å². The Labute approximate surface area is 105 Å². The Kier molecular flexibility index (Phi) is 1.92. The van der Waals surface area contributed by atoms with Crippen LogP contribution in [0.4, 0.5) is 0 Å². The van der Waals surface area contributed by atoms with Gasteiger partial charge in [-0.25, -0.2) is 0 Å². The smallest absolute Gasteiger partial charge is 0.00201 e. The van der Waals surface area contributed by atoms with Crippen molar-refractivity contribution in [3.05, 3.63) is 72.8 Å². The van der Waals surface area contributed by atoms with Gasteiger partial charge in [-0.05, 0) is 50.5 Å². The summed E-state index contributed by atoms with van der Waals surface area (Å²) in [5.74, 6) is 0. The number of rotatable bonds is 0. The van der Waals surface area contributed by atoms with Crippen LogP contribution >= 0.6 is 0 Å². The lowest BCUT2D eigenvalue weighted by atomic mass is 9.97. The van der Waals surface area contributed by atoms with E-state index in [9.17, 15) is 0 Å². The largest absolute Gasteiger partial charge is 0.0616 e. The Morgan fingerprint density at radius 2 is 1.56 bits per heavy atom. The molecule has 0 heteroatoms. The van der Waals surface area contributed by atoms with E-state index in [-0.39, 0.29) is 0 Å². The Bertz CT molecular complexity index is 797. The molecule has 82 valence electrons. The number of hydrogen-bond donors (Lipinski definition) is 0. The highest BCUT2D eigenvalue weighted by molar-refractivity contribution is 6.16. The molecule has 0 aliphatic rings. The summed E-state index contributed by atoms with van der Waals surface area (Å²) >= 11 is 0. The van der Waals surface area contributed by atoms with Gasteiger partial charge in [0, 0.05) is 0 Å². The third-order valence-electron chi connectivity index (χ3n) is 3.47. The summed E-state index contributed by atoms with van der Waals surface area (Å²) < 4.78 is 0. The van der Waals surface area contributed by atoms with E-state index in [0.717, 1.165) is 5.39 Å². The van der Waals surface area contributed by atoms with Crippen LogP contribution in [0.15, 0.2) is 60.7 Å². The summed E-state index contributed by atoms with van der Waals surface area (Å²) in [4.78, 5) is 0. The van der Waals surface area contributed by atoms with Crippen molar-refractivity contribution in [2.75, 3.05) is 0 Å². The van der Waals surface area contributed by atoms with Crippen LogP contribution in [-0.2, 0) is 0 Å². The van der Waals surface area contributed by atoms with E-state index in [0.29, 0.717) is 0 Å². The van der Waals surface area contributed by atoms with Crippen molar-refractivity contribution in [2.45, 2.75) is 0 Å². The fourth-order valence-corrected chi connectivity index (χ4v) is 2.60. The Hall–Kier alpha value is -2.34. The van der Waals surface area contributed by atoms with Gasteiger partial charge in [-0.1, -0.05) is 54.6 Å². The molecule has 0 nitrogen and oxygen atoms in total. The Morgan fingerprint density at radius 3 is 2.56 bits per heavy atom. The summed E-state index contributed by atoms with van der Waals surface area (Å²) in [7, 11) is 0. The summed E-state index contributed by atoms with van der Waals surface area (Å²) in [5.41, 5.74) is 0. The molecule has 0 aromatic heterocycles. The van der Waals surface area contributed by atoms with Crippen molar-refractivity contribution >= 4 is 32.3 Å². The number of fused-ring (bicyclic) bond motifs is 5. The predicted molar refractivity (Wildman–Crippen MR) is 76.6 cm³/mol. The zero-order valence-corrected chi connectivity index (χ0v) is 9.77. The van der Waals surface area contributed by atoms with Gasteiger partial charge < -0.3 is 0 Å². The van der Waals surface area contributed by atoms with Crippen molar-refractivity contribution in [2.24, 2.45) is 0 Å². The molecule has 0 heterocycles. The van der Waals surface area contributed by atoms with Crippen molar-refractivity contribution in [3.8, 4) is 0 Å². The third kappa shape index (κ3) is 1.26. The lowest BCUT2D eigenvalue weighted by Crippen LogP contribution is -1.80. The molecule has 0 N–H and O–H groups in total. The first-order valence-electron chi connectivity index (χ1n) is 6.06. The fourth-order valence-electron chi connectivity index (χ4n) is 2.60. The van der Waals surface area contributed by atoms with Gasteiger partial charge in [0.15, 0.2) is 0 Å². The maximum atomic E-state index is 3.41. The van der Waals surface area contributed by atoms with Crippen LogP contribution < -0.4 is 0 Å². The first-order chi connectivity index (χ1) is 8.93. The average Bonchev–Trinajstić information content (AvgIpc) is 2.46. The third-order valence-corrected chi connectivity index (χ3v) is 3.47. The van der Waals surface area contributed by atoms with Gasteiger partial charge in [0.05, 0.1) is 0 Å². The first kappa shape index (κ1) is 9.67. The molecule has 0 aliphatic heterocycles. The van der Waals surface area contributed by atoms with Crippen LogP contribution in [0.5, 0.6) is 0 Å². The molecule has 0 saturated heterocycles. The van der Waals surface area contributed by atoms with E-state index in [1.165, 1.54) is 26.9 Å². The average molecular weight is 226 g/mol. The van der Waals surface area contributed by atoms with Crippen molar-refractivity contribution in [1.82, 2.24) is 0 Å². The zero-order chi connectivity index (χ0) is 11.9. The van der Waals surface area contributed by atoms with Crippen molar-refractivity contribution in [1.29, 1.82) is 0 Å². The summed E-state index contributed by atoms with van der Waals surface area (Å²) in [6.07, 6.45) is 0. The second-order valence-corrected chi connectivity index (χ2v) is 4.50. The van der Waals surface area contributed by atoms with Crippen LogP contribution in [0.25, 0.3) is 32.3 Å². The van der Waals surface area contributed by atoms with Gasteiger partial charge in [-0.3, -0.25) is 0 Å². The van der Waals surface area contributed by atoms with Crippen molar-refractivity contribution < 1.29 is 0 Å². The molecule has 2 radical (unpaired) electrons. The normalized spacial score (nSPS) is 11.3. The molecule has 4 rings (SSSR count). The molecule has 0 amide bonds. The summed E-state index contributed by atoms with van der Waals surface area (Å²) in [5, 5.41) is 7.35. The monoisotopic (exact) mass is 226 g/mol. The molecule has 18 heavy (non-hydrogen) atoms. The maximum absolute atomic E-state index is 3.41. The minimum absolute atomic E-state index is 1.13.